The minimum Gasteiger partial charge on any atom is -1.00 e. The van der Waals surface area contributed by atoms with Crippen molar-refractivity contribution < 1.29 is 71.6 Å². The number of amides is 2. The number of rotatable bonds is 4. The van der Waals surface area contributed by atoms with Crippen LogP contribution in [0.2, 0.25) is 0 Å². The molecule has 0 fully saturated rings. The summed E-state index contributed by atoms with van der Waals surface area (Å²) in [7, 11) is 0. The molecule has 3 aromatic carbocycles. The summed E-state index contributed by atoms with van der Waals surface area (Å²) in [5, 5.41) is 5.60. The van der Waals surface area contributed by atoms with E-state index in [4.69, 9.17) is 0 Å². The largest absolute Gasteiger partial charge is 1.00 e. The minimum absolute atomic E-state index is 0. The van der Waals surface area contributed by atoms with E-state index in [0.29, 0.717) is 22.5 Å². The number of hydrogen-bond acceptors (Lipinski definition) is 2. The average molecular weight is 364 g/mol. The summed E-state index contributed by atoms with van der Waals surface area (Å²) >= 11 is 0. The van der Waals surface area contributed by atoms with E-state index in [1.165, 1.54) is 0 Å². The van der Waals surface area contributed by atoms with Crippen molar-refractivity contribution in [3.63, 3.8) is 0 Å². The van der Waals surface area contributed by atoms with Gasteiger partial charge >= 0.3 is 59.1 Å². The molecule has 0 aliphatic heterocycles. The maximum atomic E-state index is 12.5. The zero-order valence-electron chi connectivity index (χ0n) is 16.9. The van der Waals surface area contributed by atoms with Crippen LogP contribution in [0.25, 0.3) is 0 Å². The van der Waals surface area contributed by atoms with Crippen molar-refractivity contribution in [3.8, 4) is 0 Å². The average Bonchev–Trinajstić information content (AvgIpc) is 2.63. The molecule has 0 radical (unpaired) electrons. The fraction of sp³-hybridized carbons (Fsp3) is 0. The molecule has 6 heteroatoms. The molecule has 2 N–H and O–H groups in total. The maximum absolute atomic E-state index is 12.5. The van der Waals surface area contributed by atoms with Gasteiger partial charge in [-0.3, -0.25) is 9.59 Å². The Morgan fingerprint density at radius 1 is 0.538 bits per heavy atom. The van der Waals surface area contributed by atoms with Crippen molar-refractivity contribution in [2.75, 3.05) is 10.6 Å². The Morgan fingerprint density at radius 2 is 0.846 bits per heavy atom. The van der Waals surface area contributed by atoms with Crippen LogP contribution in [-0.4, -0.2) is 11.8 Å². The van der Waals surface area contributed by atoms with Gasteiger partial charge in [-0.1, -0.05) is 48.5 Å². The number of hydrogen-bond donors (Lipinski definition) is 2. The van der Waals surface area contributed by atoms with E-state index in [0.717, 1.165) is 0 Å². The molecule has 4 nitrogen and oxygen atoms in total. The van der Waals surface area contributed by atoms with Crippen molar-refractivity contribution in [2.24, 2.45) is 0 Å². The summed E-state index contributed by atoms with van der Waals surface area (Å²) in [5.41, 5.74) is 2.02. The third kappa shape index (κ3) is 6.09. The first-order valence-electron chi connectivity index (χ1n) is 7.56. The van der Waals surface area contributed by atoms with E-state index in [1.54, 1.807) is 48.5 Å². The van der Waals surface area contributed by atoms with Crippen LogP contribution in [-0.2, 0) is 0 Å². The molecule has 0 saturated heterocycles. The fourth-order valence-electron chi connectivity index (χ4n) is 2.32. The zero-order valence-corrected chi connectivity index (χ0v) is 18.9. The van der Waals surface area contributed by atoms with Crippen molar-refractivity contribution in [3.05, 3.63) is 96.1 Å². The molecule has 0 spiro atoms. The van der Waals surface area contributed by atoms with Gasteiger partial charge in [0.15, 0.2) is 0 Å². The molecule has 0 aliphatic rings. The summed E-state index contributed by atoms with van der Waals surface area (Å²) in [6, 6.07) is 25.0. The Kier molecular flexibility index (Phi) is 9.88. The van der Waals surface area contributed by atoms with E-state index in [-0.39, 0.29) is 73.8 Å². The number of carbonyl (C=O) groups excluding carboxylic acids is 2. The van der Waals surface area contributed by atoms with E-state index in [2.05, 4.69) is 10.6 Å². The number of benzene rings is 3. The molecule has 2 amide bonds. The van der Waals surface area contributed by atoms with Gasteiger partial charge < -0.3 is 13.5 Å². The smallest absolute Gasteiger partial charge is 1.00 e. The molecule has 3 rings (SSSR count). The number of anilines is 2. The summed E-state index contributed by atoms with van der Waals surface area (Å²) < 4.78 is 0. The third-order valence-electron chi connectivity index (χ3n) is 3.48. The van der Waals surface area contributed by atoms with Gasteiger partial charge in [0, 0.05) is 11.4 Å². The second-order valence-electron chi connectivity index (χ2n) is 5.19. The summed E-state index contributed by atoms with van der Waals surface area (Å²) in [6.07, 6.45) is 0. The molecule has 0 saturated carbocycles. The molecule has 0 unspecified atom stereocenters. The van der Waals surface area contributed by atoms with E-state index in [9.17, 15) is 9.59 Å². The van der Waals surface area contributed by atoms with E-state index < -0.39 is 0 Å². The number of carbonyl (C=O) groups is 2. The third-order valence-corrected chi connectivity index (χ3v) is 3.48. The second kappa shape index (κ2) is 11.3. The van der Waals surface area contributed by atoms with Crippen LogP contribution in [0.1, 0.15) is 23.6 Å². The van der Waals surface area contributed by atoms with Crippen LogP contribution < -0.4 is 69.7 Å². The number of nitrogens with one attached hydrogen (secondary N) is 2. The van der Waals surface area contributed by atoms with Gasteiger partial charge in [0.2, 0.25) is 0 Å². The van der Waals surface area contributed by atoms with Crippen LogP contribution >= 0.6 is 0 Å². The van der Waals surface area contributed by atoms with Crippen LogP contribution in [0.15, 0.2) is 84.9 Å². The SMILES string of the molecule is O=C(Nc1ccccc1)c1ccccc1C(=O)Nc1ccccc1.[H-].[H-].[Na+].[Na+]. The Labute approximate surface area is 199 Å². The van der Waals surface area contributed by atoms with Crippen molar-refractivity contribution >= 4 is 23.2 Å². The monoisotopic (exact) mass is 364 g/mol. The van der Waals surface area contributed by atoms with Gasteiger partial charge in [0.1, 0.15) is 0 Å². The Balaban J connectivity index is 0. The van der Waals surface area contributed by atoms with Gasteiger partial charge in [0.05, 0.1) is 11.1 Å². The fourth-order valence-corrected chi connectivity index (χ4v) is 2.32. The normalized spacial score (nSPS) is 9.23. The van der Waals surface area contributed by atoms with Crippen LogP contribution in [0.3, 0.4) is 0 Å². The van der Waals surface area contributed by atoms with E-state index >= 15 is 0 Å². The Bertz CT molecular complexity index is 794. The quantitative estimate of drug-likeness (QED) is 0.550. The Hall–Kier alpha value is -1.40. The van der Waals surface area contributed by atoms with Gasteiger partial charge in [-0.2, -0.15) is 0 Å². The van der Waals surface area contributed by atoms with Crippen molar-refractivity contribution in [2.45, 2.75) is 0 Å². The molecule has 0 bridgehead atoms. The maximum Gasteiger partial charge on any atom is 1.00 e. The van der Waals surface area contributed by atoms with Crippen LogP contribution in [0.4, 0.5) is 11.4 Å². The zero-order chi connectivity index (χ0) is 16.8. The molecule has 0 aliphatic carbocycles. The molecule has 3 aromatic rings. The first-order valence-corrected chi connectivity index (χ1v) is 7.56. The van der Waals surface area contributed by atoms with E-state index in [1.807, 2.05) is 36.4 Å². The first kappa shape index (κ1) is 22.6. The molecule has 0 aromatic heterocycles. The number of para-hydroxylation sites is 2. The molecule has 0 heterocycles. The topological polar surface area (TPSA) is 58.2 Å². The van der Waals surface area contributed by atoms with Crippen molar-refractivity contribution in [1.82, 2.24) is 0 Å². The minimum atomic E-state index is -0.319. The van der Waals surface area contributed by atoms with Gasteiger partial charge in [-0.25, -0.2) is 0 Å². The Morgan fingerprint density at radius 3 is 1.19 bits per heavy atom. The van der Waals surface area contributed by atoms with Gasteiger partial charge in [-0.05, 0) is 36.4 Å². The molecular weight excluding hydrogens is 346 g/mol. The summed E-state index contributed by atoms with van der Waals surface area (Å²) in [6.45, 7) is 0. The summed E-state index contributed by atoms with van der Waals surface area (Å²) in [5.74, 6) is -0.639. The summed E-state index contributed by atoms with van der Waals surface area (Å²) in [4.78, 5) is 25.0. The standard InChI is InChI=1S/C20H16N2O2.2Na.2H/c23-19(21-15-9-3-1-4-10-15)17-13-7-8-14-18(17)20(24)22-16-11-5-2-6-12-16;;;;/h1-14H,(H,21,23)(H,22,24);;;;/q;2*+1;2*-1. The molecule has 122 valence electrons. The predicted octanol–water partition coefficient (Wildman–Crippen LogP) is -1.58. The molecule has 0 atom stereocenters. The van der Waals surface area contributed by atoms with Crippen LogP contribution in [0, 0.1) is 0 Å². The predicted molar refractivity (Wildman–Crippen MR) is 97.5 cm³/mol. The second-order valence-corrected chi connectivity index (χ2v) is 5.19. The first-order chi connectivity index (χ1) is 11.7. The van der Waals surface area contributed by atoms with Crippen molar-refractivity contribution in [1.29, 1.82) is 0 Å². The van der Waals surface area contributed by atoms with Gasteiger partial charge in [0.25, 0.3) is 11.8 Å². The molecule has 26 heavy (non-hydrogen) atoms. The van der Waals surface area contributed by atoms with Crippen LogP contribution in [0.5, 0.6) is 0 Å². The van der Waals surface area contributed by atoms with Gasteiger partial charge in [-0.15, -0.1) is 0 Å². The molecular formula is C20H18N2Na2O2.